The summed E-state index contributed by atoms with van der Waals surface area (Å²) in [6, 6.07) is 0. The Morgan fingerprint density at radius 2 is 1.73 bits per heavy atom. The standard InChI is InChI=1S/C10H21N/c1-6-10(5)7-11(8-10)9(2,3)4/h6-8H2,1-5H3. The van der Waals surface area contributed by atoms with Gasteiger partial charge in [0, 0.05) is 18.6 Å². The SMILES string of the molecule is CCC1(C)CN(C(C)(C)C)C1. The van der Waals surface area contributed by atoms with E-state index in [1.807, 2.05) is 0 Å². The molecule has 66 valence electrons. The molecule has 0 amide bonds. The highest BCUT2D eigenvalue weighted by Crippen LogP contribution is 2.37. The van der Waals surface area contributed by atoms with Gasteiger partial charge in [0.1, 0.15) is 0 Å². The van der Waals surface area contributed by atoms with Gasteiger partial charge >= 0.3 is 0 Å². The number of hydrogen-bond acceptors (Lipinski definition) is 1. The van der Waals surface area contributed by atoms with Crippen molar-refractivity contribution in [3.05, 3.63) is 0 Å². The molecular weight excluding hydrogens is 134 g/mol. The van der Waals surface area contributed by atoms with Gasteiger partial charge in [0.15, 0.2) is 0 Å². The summed E-state index contributed by atoms with van der Waals surface area (Å²) in [7, 11) is 0. The van der Waals surface area contributed by atoms with E-state index in [1.165, 1.54) is 19.5 Å². The van der Waals surface area contributed by atoms with Gasteiger partial charge in [0.05, 0.1) is 0 Å². The fraction of sp³-hybridized carbons (Fsp3) is 1.00. The molecule has 0 saturated carbocycles. The molecular formula is C10H21N. The average Bonchev–Trinajstić information content (AvgIpc) is 1.78. The van der Waals surface area contributed by atoms with Crippen molar-refractivity contribution in [3.63, 3.8) is 0 Å². The summed E-state index contributed by atoms with van der Waals surface area (Å²) < 4.78 is 0. The molecule has 1 aliphatic rings. The van der Waals surface area contributed by atoms with Crippen LogP contribution in [0.15, 0.2) is 0 Å². The van der Waals surface area contributed by atoms with E-state index in [0.29, 0.717) is 11.0 Å². The third kappa shape index (κ3) is 1.76. The number of rotatable bonds is 1. The van der Waals surface area contributed by atoms with Crippen LogP contribution >= 0.6 is 0 Å². The minimum absolute atomic E-state index is 0.384. The van der Waals surface area contributed by atoms with Crippen LogP contribution in [-0.2, 0) is 0 Å². The maximum Gasteiger partial charge on any atom is 0.0125 e. The average molecular weight is 155 g/mol. The summed E-state index contributed by atoms with van der Waals surface area (Å²) >= 11 is 0. The molecule has 1 rings (SSSR count). The zero-order valence-corrected chi connectivity index (χ0v) is 8.57. The lowest BCUT2D eigenvalue weighted by atomic mass is 9.77. The summed E-state index contributed by atoms with van der Waals surface area (Å²) in [6.07, 6.45) is 1.32. The minimum atomic E-state index is 0.384. The molecule has 0 bridgehead atoms. The van der Waals surface area contributed by atoms with E-state index in [4.69, 9.17) is 0 Å². The lowest BCUT2D eigenvalue weighted by Gasteiger charge is -2.54. The van der Waals surface area contributed by atoms with Crippen molar-refractivity contribution in [2.24, 2.45) is 5.41 Å². The van der Waals surface area contributed by atoms with Crippen LogP contribution in [0.3, 0.4) is 0 Å². The highest BCUT2D eigenvalue weighted by atomic mass is 15.3. The second-order valence-corrected chi connectivity index (χ2v) is 5.19. The van der Waals surface area contributed by atoms with Crippen LogP contribution in [0.25, 0.3) is 0 Å². The lowest BCUT2D eigenvalue weighted by Crippen LogP contribution is -2.61. The fourth-order valence-electron chi connectivity index (χ4n) is 1.57. The van der Waals surface area contributed by atoms with Gasteiger partial charge in [-0.1, -0.05) is 13.8 Å². The molecule has 0 radical (unpaired) electrons. The molecule has 0 aromatic carbocycles. The third-order valence-electron chi connectivity index (χ3n) is 2.95. The molecule has 0 atom stereocenters. The van der Waals surface area contributed by atoms with Crippen LogP contribution in [0, 0.1) is 5.41 Å². The quantitative estimate of drug-likeness (QED) is 0.562. The van der Waals surface area contributed by atoms with Crippen LogP contribution in [-0.4, -0.2) is 23.5 Å². The molecule has 1 nitrogen and oxygen atoms in total. The molecule has 0 spiro atoms. The van der Waals surface area contributed by atoms with Gasteiger partial charge in [0.25, 0.3) is 0 Å². The van der Waals surface area contributed by atoms with Crippen molar-refractivity contribution >= 4 is 0 Å². The minimum Gasteiger partial charge on any atom is -0.297 e. The van der Waals surface area contributed by atoms with Crippen LogP contribution in [0.5, 0.6) is 0 Å². The van der Waals surface area contributed by atoms with E-state index in [0.717, 1.165) is 0 Å². The summed E-state index contributed by atoms with van der Waals surface area (Å²) in [5, 5.41) is 0. The molecule has 0 aromatic rings. The van der Waals surface area contributed by atoms with Gasteiger partial charge < -0.3 is 0 Å². The first-order valence-corrected chi connectivity index (χ1v) is 4.62. The van der Waals surface area contributed by atoms with Crippen molar-refractivity contribution in [1.82, 2.24) is 4.90 Å². The Balaban J connectivity index is 2.40. The Labute approximate surface area is 70.8 Å². The van der Waals surface area contributed by atoms with Crippen LogP contribution in [0.4, 0.5) is 0 Å². The second kappa shape index (κ2) is 2.48. The van der Waals surface area contributed by atoms with Crippen molar-refractivity contribution in [3.8, 4) is 0 Å². The predicted molar refractivity (Wildman–Crippen MR) is 49.7 cm³/mol. The van der Waals surface area contributed by atoms with Gasteiger partial charge in [0.2, 0.25) is 0 Å². The largest absolute Gasteiger partial charge is 0.297 e. The van der Waals surface area contributed by atoms with Crippen molar-refractivity contribution in [2.45, 2.75) is 46.6 Å². The van der Waals surface area contributed by atoms with Gasteiger partial charge in [-0.25, -0.2) is 0 Å². The Hall–Kier alpha value is -0.0400. The monoisotopic (exact) mass is 155 g/mol. The molecule has 0 unspecified atom stereocenters. The van der Waals surface area contributed by atoms with Crippen LogP contribution in [0.1, 0.15) is 41.0 Å². The van der Waals surface area contributed by atoms with Crippen LogP contribution < -0.4 is 0 Å². The molecule has 0 N–H and O–H groups in total. The second-order valence-electron chi connectivity index (χ2n) is 5.19. The van der Waals surface area contributed by atoms with Crippen molar-refractivity contribution in [1.29, 1.82) is 0 Å². The fourth-order valence-corrected chi connectivity index (χ4v) is 1.57. The Morgan fingerprint density at radius 1 is 1.27 bits per heavy atom. The smallest absolute Gasteiger partial charge is 0.0125 e. The van der Waals surface area contributed by atoms with Gasteiger partial charge in [-0.3, -0.25) is 4.90 Å². The maximum absolute atomic E-state index is 2.55. The molecule has 0 aromatic heterocycles. The highest BCUT2D eigenvalue weighted by molar-refractivity contribution is 4.95. The Morgan fingerprint density at radius 3 is 2.00 bits per heavy atom. The van der Waals surface area contributed by atoms with E-state index >= 15 is 0 Å². The Kier molecular flexibility index (Phi) is 2.04. The summed E-state index contributed by atoms with van der Waals surface area (Å²) in [5.74, 6) is 0. The number of nitrogens with zero attached hydrogens (tertiary/aromatic N) is 1. The molecule has 1 aliphatic heterocycles. The third-order valence-corrected chi connectivity index (χ3v) is 2.95. The summed E-state index contributed by atoms with van der Waals surface area (Å²) in [5.41, 5.74) is 1.00. The summed E-state index contributed by atoms with van der Waals surface area (Å²) in [4.78, 5) is 2.55. The van der Waals surface area contributed by atoms with Crippen LogP contribution in [0.2, 0.25) is 0 Å². The molecule has 11 heavy (non-hydrogen) atoms. The zero-order chi connectivity index (χ0) is 8.70. The van der Waals surface area contributed by atoms with E-state index in [-0.39, 0.29) is 0 Å². The van der Waals surface area contributed by atoms with E-state index in [9.17, 15) is 0 Å². The van der Waals surface area contributed by atoms with Gasteiger partial charge in [-0.2, -0.15) is 0 Å². The first kappa shape index (κ1) is 9.05. The Bertz CT molecular complexity index is 137. The first-order valence-electron chi connectivity index (χ1n) is 4.62. The van der Waals surface area contributed by atoms with E-state index in [2.05, 4.69) is 39.5 Å². The normalized spacial score (nSPS) is 24.8. The first-order chi connectivity index (χ1) is 4.87. The maximum atomic E-state index is 2.55. The van der Waals surface area contributed by atoms with Crippen molar-refractivity contribution < 1.29 is 0 Å². The molecule has 1 heterocycles. The predicted octanol–water partition coefficient (Wildman–Crippen LogP) is 2.52. The molecule has 1 saturated heterocycles. The number of likely N-dealkylation sites (tertiary alicyclic amines) is 1. The molecule has 1 fully saturated rings. The number of hydrogen-bond donors (Lipinski definition) is 0. The molecule has 0 aliphatic carbocycles. The van der Waals surface area contributed by atoms with Crippen molar-refractivity contribution in [2.75, 3.05) is 13.1 Å². The van der Waals surface area contributed by atoms with Gasteiger partial charge in [-0.05, 0) is 32.6 Å². The van der Waals surface area contributed by atoms with E-state index < -0.39 is 0 Å². The molecule has 1 heteroatoms. The lowest BCUT2D eigenvalue weighted by molar-refractivity contribution is -0.0497. The summed E-state index contributed by atoms with van der Waals surface area (Å²) in [6.45, 7) is 14.1. The van der Waals surface area contributed by atoms with E-state index in [1.54, 1.807) is 0 Å². The highest BCUT2D eigenvalue weighted by Gasteiger charge is 2.41. The zero-order valence-electron chi connectivity index (χ0n) is 8.57. The topological polar surface area (TPSA) is 3.24 Å². The van der Waals surface area contributed by atoms with Gasteiger partial charge in [-0.15, -0.1) is 0 Å².